The van der Waals surface area contributed by atoms with Crippen molar-refractivity contribution in [2.75, 3.05) is 0 Å². The van der Waals surface area contributed by atoms with Crippen molar-refractivity contribution in [2.45, 2.75) is 30.7 Å². The molecular weight excluding hydrogens is 357 g/mol. The van der Waals surface area contributed by atoms with E-state index in [4.69, 9.17) is 10.3 Å². The molecule has 136 valence electrons. The number of nitrogens with two attached hydrogens (primary N) is 1. The van der Waals surface area contributed by atoms with Gasteiger partial charge in [-0.15, -0.1) is 10.2 Å². The van der Waals surface area contributed by atoms with Crippen LogP contribution in [0.4, 0.5) is 4.39 Å². The molecule has 0 spiro atoms. The summed E-state index contributed by atoms with van der Waals surface area (Å²) < 4.78 is 20.3. The Morgan fingerprint density at radius 3 is 2.73 bits per heavy atom. The molecule has 2 N–H and O–H groups in total. The lowest BCUT2D eigenvalue weighted by molar-refractivity contribution is -0.118. The average molecular weight is 375 g/mol. The molecule has 0 aliphatic rings. The van der Waals surface area contributed by atoms with E-state index >= 15 is 0 Å². The normalized spacial score (nSPS) is 11.0. The van der Waals surface area contributed by atoms with E-state index in [1.54, 1.807) is 12.1 Å². The molecule has 3 aromatic rings. The Balaban J connectivity index is 1.69. The minimum absolute atomic E-state index is 0.236. The molecule has 0 radical (unpaired) electrons. The van der Waals surface area contributed by atoms with Gasteiger partial charge in [0.2, 0.25) is 5.91 Å². The molecule has 2 heterocycles. The number of thioether (sulfide) groups is 1. The number of aryl methyl sites for hydroxylation is 1. The molecule has 1 amide bonds. The molecule has 0 unspecified atom stereocenters. The maximum atomic E-state index is 13.1. The summed E-state index contributed by atoms with van der Waals surface area (Å²) in [5.74, 6) is 1.22. The molecule has 2 aromatic heterocycles. The van der Waals surface area contributed by atoms with Gasteiger partial charge in [0, 0.05) is 36.8 Å². The Morgan fingerprint density at radius 2 is 2.04 bits per heavy atom. The number of hydrogen-bond acceptors (Lipinski definition) is 6. The quantitative estimate of drug-likeness (QED) is 0.637. The second-order valence-corrected chi connectivity index (χ2v) is 6.75. The zero-order valence-electron chi connectivity index (χ0n) is 14.4. The maximum Gasteiger partial charge on any atom is 0.217 e. The number of halogens is 1. The van der Waals surface area contributed by atoms with Crippen LogP contribution < -0.4 is 5.73 Å². The molecule has 7 nitrogen and oxygen atoms in total. The Labute approximate surface area is 153 Å². The molecule has 0 bridgehead atoms. The smallest absolute Gasteiger partial charge is 0.217 e. The number of benzene rings is 1. The van der Waals surface area contributed by atoms with E-state index in [-0.39, 0.29) is 18.1 Å². The molecule has 0 aliphatic carbocycles. The van der Waals surface area contributed by atoms with E-state index in [1.165, 1.54) is 23.9 Å². The second-order valence-electron chi connectivity index (χ2n) is 5.80. The van der Waals surface area contributed by atoms with Gasteiger partial charge in [0.1, 0.15) is 11.6 Å². The summed E-state index contributed by atoms with van der Waals surface area (Å²) in [6.07, 6.45) is 0.692. The summed E-state index contributed by atoms with van der Waals surface area (Å²) in [5, 5.41) is 13.1. The van der Waals surface area contributed by atoms with E-state index in [1.807, 2.05) is 18.5 Å². The molecule has 0 aliphatic heterocycles. The lowest BCUT2D eigenvalue weighted by Gasteiger charge is -2.02. The SMILES string of the molecule is Cc1c(CSc2nnc(CCC(N)=O)n2C)noc1-c1ccc(F)cc1. The minimum Gasteiger partial charge on any atom is -0.370 e. The average Bonchev–Trinajstić information content (AvgIpc) is 3.15. The van der Waals surface area contributed by atoms with Gasteiger partial charge >= 0.3 is 0 Å². The van der Waals surface area contributed by atoms with Crippen LogP contribution in [0.5, 0.6) is 0 Å². The third kappa shape index (κ3) is 3.93. The number of rotatable bonds is 7. The molecule has 0 saturated heterocycles. The minimum atomic E-state index is -0.367. The van der Waals surface area contributed by atoms with Gasteiger partial charge < -0.3 is 14.8 Å². The summed E-state index contributed by atoms with van der Waals surface area (Å²) in [6, 6.07) is 6.10. The van der Waals surface area contributed by atoms with Crippen LogP contribution in [-0.2, 0) is 24.0 Å². The van der Waals surface area contributed by atoms with Crippen LogP contribution in [0.25, 0.3) is 11.3 Å². The molecule has 0 fully saturated rings. The van der Waals surface area contributed by atoms with E-state index in [9.17, 15) is 9.18 Å². The van der Waals surface area contributed by atoms with Gasteiger partial charge in [-0.25, -0.2) is 4.39 Å². The highest BCUT2D eigenvalue weighted by atomic mass is 32.2. The molecule has 26 heavy (non-hydrogen) atoms. The maximum absolute atomic E-state index is 13.1. The molecule has 3 rings (SSSR count). The summed E-state index contributed by atoms with van der Waals surface area (Å²) in [5.41, 5.74) is 7.63. The highest BCUT2D eigenvalue weighted by molar-refractivity contribution is 7.98. The molecular formula is C17H18FN5O2S. The number of aromatic nitrogens is 4. The van der Waals surface area contributed by atoms with Crippen molar-refractivity contribution in [1.82, 2.24) is 19.9 Å². The van der Waals surface area contributed by atoms with Crippen LogP contribution >= 0.6 is 11.8 Å². The lowest BCUT2D eigenvalue weighted by atomic mass is 10.1. The molecule has 1 aromatic carbocycles. The summed E-state index contributed by atoms with van der Waals surface area (Å²) in [6.45, 7) is 1.92. The first-order valence-corrected chi connectivity index (χ1v) is 8.94. The first-order chi connectivity index (χ1) is 12.5. The van der Waals surface area contributed by atoms with Gasteiger partial charge in [-0.1, -0.05) is 16.9 Å². The van der Waals surface area contributed by atoms with Crippen molar-refractivity contribution in [1.29, 1.82) is 0 Å². The van der Waals surface area contributed by atoms with Crippen LogP contribution in [0, 0.1) is 12.7 Å². The van der Waals surface area contributed by atoms with Crippen molar-refractivity contribution < 1.29 is 13.7 Å². The van der Waals surface area contributed by atoms with Crippen LogP contribution in [0.3, 0.4) is 0 Å². The summed E-state index contributed by atoms with van der Waals surface area (Å²) >= 11 is 1.47. The van der Waals surface area contributed by atoms with Crippen molar-refractivity contribution >= 4 is 17.7 Å². The number of amides is 1. The largest absolute Gasteiger partial charge is 0.370 e. The van der Waals surface area contributed by atoms with E-state index in [0.717, 1.165) is 22.0 Å². The van der Waals surface area contributed by atoms with Gasteiger partial charge in [0.25, 0.3) is 0 Å². The van der Waals surface area contributed by atoms with E-state index in [2.05, 4.69) is 15.4 Å². The highest BCUT2D eigenvalue weighted by Gasteiger charge is 2.16. The van der Waals surface area contributed by atoms with Gasteiger partial charge in [0.15, 0.2) is 10.9 Å². The Bertz CT molecular complexity index is 920. The fourth-order valence-electron chi connectivity index (χ4n) is 2.43. The fraction of sp³-hybridized carbons (Fsp3) is 0.294. The predicted octanol–water partition coefficient (Wildman–Crippen LogP) is 2.63. The number of carbonyl (C=O) groups excluding carboxylic acids is 1. The Morgan fingerprint density at radius 1 is 1.31 bits per heavy atom. The van der Waals surface area contributed by atoms with Crippen molar-refractivity contribution in [3.05, 3.63) is 47.2 Å². The molecule has 0 atom stereocenters. The monoisotopic (exact) mass is 375 g/mol. The molecule has 9 heteroatoms. The van der Waals surface area contributed by atoms with Gasteiger partial charge in [-0.05, 0) is 31.2 Å². The zero-order valence-corrected chi connectivity index (χ0v) is 15.2. The van der Waals surface area contributed by atoms with Crippen LogP contribution in [0.2, 0.25) is 0 Å². The van der Waals surface area contributed by atoms with Crippen molar-refractivity contribution in [3.8, 4) is 11.3 Å². The summed E-state index contributed by atoms with van der Waals surface area (Å²) in [7, 11) is 1.85. The number of carbonyl (C=O) groups is 1. The third-order valence-electron chi connectivity index (χ3n) is 3.99. The molecule has 0 saturated carbocycles. The third-order valence-corrected chi connectivity index (χ3v) is 5.02. The second kappa shape index (κ2) is 7.69. The van der Waals surface area contributed by atoms with Gasteiger partial charge in [0.05, 0.1) is 5.69 Å². The fourth-order valence-corrected chi connectivity index (χ4v) is 3.36. The zero-order chi connectivity index (χ0) is 18.7. The van der Waals surface area contributed by atoms with E-state index < -0.39 is 0 Å². The van der Waals surface area contributed by atoms with Gasteiger partial charge in [-0.2, -0.15) is 0 Å². The predicted molar refractivity (Wildman–Crippen MR) is 94.7 cm³/mol. The van der Waals surface area contributed by atoms with Gasteiger partial charge in [-0.3, -0.25) is 4.79 Å². The standard InChI is InChI=1S/C17H18FN5O2S/c1-10-13(22-25-16(10)11-3-5-12(18)6-4-11)9-26-17-21-20-15(23(17)2)8-7-14(19)24/h3-6H,7-9H2,1-2H3,(H2,19,24). The van der Waals surface area contributed by atoms with Crippen LogP contribution in [-0.4, -0.2) is 25.8 Å². The lowest BCUT2D eigenvalue weighted by Crippen LogP contribution is -2.12. The summed E-state index contributed by atoms with van der Waals surface area (Å²) in [4.78, 5) is 10.9. The number of nitrogens with zero attached hydrogens (tertiary/aromatic N) is 4. The van der Waals surface area contributed by atoms with Crippen LogP contribution in [0.1, 0.15) is 23.5 Å². The first-order valence-electron chi connectivity index (χ1n) is 7.96. The first kappa shape index (κ1) is 18.1. The Kier molecular flexibility index (Phi) is 5.36. The topological polar surface area (TPSA) is 99.8 Å². The van der Waals surface area contributed by atoms with Crippen molar-refractivity contribution in [2.24, 2.45) is 12.8 Å². The Hall–Kier alpha value is -2.68. The van der Waals surface area contributed by atoms with Crippen molar-refractivity contribution in [3.63, 3.8) is 0 Å². The van der Waals surface area contributed by atoms with Crippen LogP contribution in [0.15, 0.2) is 33.9 Å². The highest BCUT2D eigenvalue weighted by Crippen LogP contribution is 2.29. The number of hydrogen-bond donors (Lipinski definition) is 1. The number of primary amides is 1. The van der Waals surface area contributed by atoms with E-state index in [0.29, 0.717) is 23.8 Å².